The number of halogens is 1. The maximum atomic E-state index is 6.14. The molecule has 1 aromatic heterocycles. The molecule has 18 heavy (non-hydrogen) atoms. The number of hydrogen-bond donors (Lipinski definition) is 2. The molecule has 0 bridgehead atoms. The molecule has 0 saturated carbocycles. The minimum atomic E-state index is -0.195. The van der Waals surface area contributed by atoms with E-state index in [4.69, 9.17) is 26.9 Å². The molecule has 0 aliphatic carbocycles. The quantitative estimate of drug-likeness (QED) is 0.425. The molecule has 0 aliphatic rings. The van der Waals surface area contributed by atoms with Gasteiger partial charge in [0.25, 0.3) is 0 Å². The van der Waals surface area contributed by atoms with Gasteiger partial charge in [0.05, 0.1) is 42.8 Å². The number of rotatable bonds is 8. The van der Waals surface area contributed by atoms with E-state index in [-0.39, 0.29) is 12.1 Å². The Bertz CT molecular complexity index is 357. The second kappa shape index (κ2) is 7.70. The Morgan fingerprint density at radius 2 is 2.22 bits per heavy atom. The monoisotopic (exact) mass is 276 g/mol. The van der Waals surface area contributed by atoms with Gasteiger partial charge in [-0.2, -0.15) is 5.10 Å². The molecule has 0 aliphatic heterocycles. The molecule has 1 aromatic rings. The minimum Gasteiger partial charge on any atom is -0.382 e. The Hall–Kier alpha value is -0.660. The molecule has 1 unspecified atom stereocenters. The van der Waals surface area contributed by atoms with Crippen molar-refractivity contribution < 1.29 is 9.47 Å². The highest BCUT2D eigenvalue weighted by atomic mass is 35.5. The van der Waals surface area contributed by atoms with Crippen LogP contribution in [0, 0.1) is 0 Å². The van der Waals surface area contributed by atoms with Crippen LogP contribution >= 0.6 is 11.6 Å². The number of nitrogens with one attached hydrogen (secondary N) is 1. The summed E-state index contributed by atoms with van der Waals surface area (Å²) in [5.41, 5.74) is 3.55. The molecule has 1 heterocycles. The first kappa shape index (κ1) is 15.4. The van der Waals surface area contributed by atoms with E-state index in [1.807, 2.05) is 18.5 Å². The summed E-state index contributed by atoms with van der Waals surface area (Å²) >= 11 is 6.14. The van der Waals surface area contributed by atoms with Crippen LogP contribution < -0.4 is 11.3 Å². The van der Waals surface area contributed by atoms with Crippen LogP contribution in [-0.2, 0) is 9.47 Å². The van der Waals surface area contributed by atoms with Crippen LogP contribution in [-0.4, -0.2) is 36.7 Å². The van der Waals surface area contributed by atoms with Crippen molar-refractivity contribution in [1.82, 2.24) is 15.2 Å². The van der Waals surface area contributed by atoms with Crippen molar-refractivity contribution in [2.75, 3.05) is 26.9 Å². The van der Waals surface area contributed by atoms with Gasteiger partial charge in [-0.1, -0.05) is 11.6 Å². The average Bonchev–Trinajstić information content (AvgIpc) is 2.72. The van der Waals surface area contributed by atoms with Crippen molar-refractivity contribution in [3.63, 3.8) is 0 Å². The summed E-state index contributed by atoms with van der Waals surface area (Å²) in [6.45, 7) is 5.55. The van der Waals surface area contributed by atoms with Crippen LogP contribution in [0.5, 0.6) is 0 Å². The molecule has 3 N–H and O–H groups in total. The molecular formula is C11H21ClN4O2. The van der Waals surface area contributed by atoms with E-state index in [9.17, 15) is 0 Å². The van der Waals surface area contributed by atoms with Gasteiger partial charge >= 0.3 is 0 Å². The molecule has 0 aromatic carbocycles. The molecule has 104 valence electrons. The largest absolute Gasteiger partial charge is 0.382 e. The summed E-state index contributed by atoms with van der Waals surface area (Å²) in [7, 11) is 1.63. The highest BCUT2D eigenvalue weighted by Gasteiger charge is 2.20. The number of aromatic nitrogens is 2. The molecule has 1 rings (SSSR count). The second-order valence-corrected chi connectivity index (χ2v) is 4.61. The van der Waals surface area contributed by atoms with Crippen molar-refractivity contribution in [2.45, 2.75) is 25.9 Å². The van der Waals surface area contributed by atoms with Gasteiger partial charge in [-0.15, -0.1) is 0 Å². The summed E-state index contributed by atoms with van der Waals surface area (Å²) in [5, 5.41) is 4.82. The van der Waals surface area contributed by atoms with E-state index in [2.05, 4.69) is 10.5 Å². The molecule has 0 saturated heterocycles. The van der Waals surface area contributed by atoms with E-state index in [0.29, 0.717) is 24.8 Å². The van der Waals surface area contributed by atoms with E-state index in [1.165, 1.54) is 0 Å². The molecule has 0 fully saturated rings. The third-order valence-corrected chi connectivity index (χ3v) is 2.81. The zero-order valence-electron chi connectivity index (χ0n) is 11.0. The molecule has 6 nitrogen and oxygen atoms in total. The topological polar surface area (TPSA) is 74.3 Å². The molecule has 0 amide bonds. The third kappa shape index (κ3) is 3.93. The number of methoxy groups -OCH3 is 1. The van der Waals surface area contributed by atoms with Crippen molar-refractivity contribution in [1.29, 1.82) is 0 Å². The van der Waals surface area contributed by atoms with Crippen molar-refractivity contribution in [3.05, 3.63) is 16.9 Å². The summed E-state index contributed by atoms with van der Waals surface area (Å²) in [6, 6.07) is 0.0154. The number of hydrazine groups is 1. The SMILES string of the molecule is COCCOCC(NN)c1c(Cl)cnn1C(C)C. The van der Waals surface area contributed by atoms with Crippen molar-refractivity contribution in [3.8, 4) is 0 Å². The van der Waals surface area contributed by atoms with E-state index in [0.717, 1.165) is 5.69 Å². The van der Waals surface area contributed by atoms with E-state index < -0.39 is 0 Å². The van der Waals surface area contributed by atoms with Crippen LogP contribution in [0.25, 0.3) is 0 Å². The maximum absolute atomic E-state index is 6.14. The lowest BCUT2D eigenvalue weighted by Gasteiger charge is -2.20. The van der Waals surface area contributed by atoms with E-state index >= 15 is 0 Å². The molecular weight excluding hydrogens is 256 g/mol. The summed E-state index contributed by atoms with van der Waals surface area (Å²) in [5.74, 6) is 5.56. The summed E-state index contributed by atoms with van der Waals surface area (Å²) in [4.78, 5) is 0. The molecule has 0 radical (unpaired) electrons. The fourth-order valence-corrected chi connectivity index (χ4v) is 1.90. The van der Waals surface area contributed by atoms with Gasteiger partial charge in [0.1, 0.15) is 0 Å². The normalized spacial score (nSPS) is 13.2. The van der Waals surface area contributed by atoms with Crippen LogP contribution in [0.1, 0.15) is 31.6 Å². The first-order chi connectivity index (χ1) is 8.61. The smallest absolute Gasteiger partial charge is 0.0877 e. The van der Waals surface area contributed by atoms with Crippen LogP contribution in [0.2, 0.25) is 5.02 Å². The van der Waals surface area contributed by atoms with Gasteiger partial charge in [0.2, 0.25) is 0 Å². The average molecular weight is 277 g/mol. The summed E-state index contributed by atoms with van der Waals surface area (Å²) < 4.78 is 12.2. The second-order valence-electron chi connectivity index (χ2n) is 4.20. The third-order valence-electron chi connectivity index (χ3n) is 2.52. The lowest BCUT2D eigenvalue weighted by Crippen LogP contribution is -2.34. The van der Waals surface area contributed by atoms with Gasteiger partial charge in [0.15, 0.2) is 0 Å². The van der Waals surface area contributed by atoms with Gasteiger partial charge in [-0.05, 0) is 13.8 Å². The Kier molecular flexibility index (Phi) is 6.59. The lowest BCUT2D eigenvalue weighted by atomic mass is 10.2. The van der Waals surface area contributed by atoms with Gasteiger partial charge in [-0.3, -0.25) is 10.5 Å². The molecule has 7 heteroatoms. The fraction of sp³-hybridized carbons (Fsp3) is 0.727. The highest BCUT2D eigenvalue weighted by molar-refractivity contribution is 6.31. The standard InChI is InChI=1S/C11H21ClN4O2/c1-8(2)16-11(9(12)6-14-16)10(15-13)7-18-5-4-17-3/h6,8,10,15H,4-5,7,13H2,1-3H3. The minimum absolute atomic E-state index is 0.195. The zero-order valence-corrected chi connectivity index (χ0v) is 11.8. The van der Waals surface area contributed by atoms with Gasteiger partial charge in [-0.25, -0.2) is 5.43 Å². The van der Waals surface area contributed by atoms with E-state index in [1.54, 1.807) is 13.3 Å². The zero-order chi connectivity index (χ0) is 13.5. The Balaban J connectivity index is 2.72. The van der Waals surface area contributed by atoms with Crippen LogP contribution in [0.4, 0.5) is 0 Å². The predicted molar refractivity (Wildman–Crippen MR) is 70.4 cm³/mol. The Morgan fingerprint density at radius 1 is 1.50 bits per heavy atom. The van der Waals surface area contributed by atoms with Gasteiger partial charge in [0, 0.05) is 13.2 Å². The number of nitrogens with zero attached hydrogens (tertiary/aromatic N) is 2. The Morgan fingerprint density at radius 3 is 2.78 bits per heavy atom. The number of nitrogens with two attached hydrogens (primary N) is 1. The predicted octanol–water partition coefficient (Wildman–Crippen LogP) is 1.28. The van der Waals surface area contributed by atoms with Crippen LogP contribution in [0.15, 0.2) is 6.20 Å². The van der Waals surface area contributed by atoms with Crippen molar-refractivity contribution >= 4 is 11.6 Å². The number of ether oxygens (including phenoxy) is 2. The first-order valence-corrected chi connectivity index (χ1v) is 6.25. The molecule has 1 atom stereocenters. The summed E-state index contributed by atoms with van der Waals surface area (Å²) in [6.07, 6.45) is 1.62. The van der Waals surface area contributed by atoms with Gasteiger partial charge < -0.3 is 9.47 Å². The highest BCUT2D eigenvalue weighted by Crippen LogP contribution is 2.25. The fourth-order valence-electron chi connectivity index (χ4n) is 1.64. The van der Waals surface area contributed by atoms with Crippen molar-refractivity contribution in [2.24, 2.45) is 5.84 Å². The lowest BCUT2D eigenvalue weighted by molar-refractivity contribution is 0.0572. The Labute approximate surface area is 112 Å². The maximum Gasteiger partial charge on any atom is 0.0877 e. The van der Waals surface area contributed by atoms with Crippen LogP contribution in [0.3, 0.4) is 0 Å². The number of hydrogen-bond acceptors (Lipinski definition) is 5. The molecule has 0 spiro atoms. The first-order valence-electron chi connectivity index (χ1n) is 5.87.